The molecule has 0 spiro atoms. The highest BCUT2D eigenvalue weighted by Gasteiger charge is 2.44. The number of ether oxygens (including phenoxy) is 1. The van der Waals surface area contributed by atoms with Crippen LogP contribution in [-0.2, 0) is 16.1 Å². The number of hydrogen-bond donors (Lipinski definition) is 1. The number of rotatable bonds is 7. The molecule has 1 atom stereocenters. The number of aryl methyl sites for hydroxylation is 1. The fourth-order valence-electron chi connectivity index (χ4n) is 2.99. The molecule has 2 N–H and O–H groups in total. The molecule has 22 heavy (non-hydrogen) atoms. The van der Waals surface area contributed by atoms with Crippen LogP contribution in [0, 0.1) is 12.3 Å². The lowest BCUT2D eigenvalue weighted by Crippen LogP contribution is -2.38. The molecule has 122 valence electrons. The van der Waals surface area contributed by atoms with E-state index in [-0.39, 0.29) is 17.4 Å². The smallest absolute Gasteiger partial charge is 0.223 e. The summed E-state index contributed by atoms with van der Waals surface area (Å²) in [6.45, 7) is 4.69. The molecule has 0 aromatic carbocycles. The zero-order valence-electron chi connectivity index (χ0n) is 13.2. The largest absolute Gasteiger partial charge is 0.376 e. The first-order valence-electron chi connectivity index (χ1n) is 8.11. The molecule has 1 aromatic rings. The van der Waals surface area contributed by atoms with E-state index in [2.05, 4.69) is 4.98 Å². The minimum absolute atomic E-state index is 0.0741. The van der Waals surface area contributed by atoms with Gasteiger partial charge in [-0.05, 0) is 44.6 Å². The van der Waals surface area contributed by atoms with Crippen molar-refractivity contribution in [1.29, 1.82) is 0 Å². The van der Waals surface area contributed by atoms with Crippen LogP contribution in [0.2, 0.25) is 0 Å². The van der Waals surface area contributed by atoms with Crippen LogP contribution in [0.1, 0.15) is 42.8 Å². The lowest BCUT2D eigenvalue weighted by Gasteiger charge is -2.26. The van der Waals surface area contributed by atoms with E-state index in [1.54, 1.807) is 11.3 Å². The molecule has 0 radical (unpaired) electrons. The lowest BCUT2D eigenvalue weighted by molar-refractivity contribution is -0.134. The summed E-state index contributed by atoms with van der Waals surface area (Å²) in [7, 11) is 0. The first kappa shape index (κ1) is 15.9. The molecule has 1 saturated heterocycles. The normalized spacial score (nSPS) is 22.7. The van der Waals surface area contributed by atoms with Gasteiger partial charge in [-0.15, -0.1) is 11.3 Å². The Kier molecular flexibility index (Phi) is 4.80. The summed E-state index contributed by atoms with van der Waals surface area (Å²) in [5.41, 5.74) is 6.92. The van der Waals surface area contributed by atoms with Crippen LogP contribution >= 0.6 is 11.3 Å². The lowest BCUT2D eigenvalue weighted by atomic mass is 10.0. The molecule has 1 aliphatic carbocycles. The van der Waals surface area contributed by atoms with Gasteiger partial charge in [0.15, 0.2) is 0 Å². The maximum atomic E-state index is 12.7. The number of amides is 1. The third-order valence-electron chi connectivity index (χ3n) is 4.71. The quantitative estimate of drug-likeness (QED) is 0.834. The van der Waals surface area contributed by atoms with E-state index in [1.807, 2.05) is 17.2 Å². The Morgan fingerprint density at radius 1 is 1.59 bits per heavy atom. The van der Waals surface area contributed by atoms with Gasteiger partial charge in [-0.3, -0.25) is 4.79 Å². The molecule has 5 nitrogen and oxygen atoms in total. The molecule has 1 aromatic heterocycles. The average Bonchev–Trinajstić information content (AvgIpc) is 2.88. The standard InChI is InChI=1S/C16H25N3O2S/c1-12-10-22-14(18-12)9-19(8-13-3-2-6-21-13)15(20)7-16(11-17)4-5-16/h10,13H,2-9,11,17H2,1H3. The highest BCUT2D eigenvalue weighted by atomic mass is 32.1. The number of thiazole rings is 1. The second kappa shape index (κ2) is 6.64. The molecule has 1 unspecified atom stereocenters. The fraction of sp³-hybridized carbons (Fsp3) is 0.750. The van der Waals surface area contributed by atoms with Crippen LogP contribution in [0.15, 0.2) is 5.38 Å². The topological polar surface area (TPSA) is 68.5 Å². The number of aromatic nitrogens is 1. The first-order valence-corrected chi connectivity index (χ1v) is 8.99. The molecule has 2 aliphatic rings. The third kappa shape index (κ3) is 3.86. The van der Waals surface area contributed by atoms with Crippen molar-refractivity contribution < 1.29 is 9.53 Å². The van der Waals surface area contributed by atoms with Crippen LogP contribution in [-0.4, -0.2) is 41.6 Å². The third-order valence-corrected chi connectivity index (χ3v) is 5.66. The van der Waals surface area contributed by atoms with E-state index in [1.165, 1.54) is 0 Å². The zero-order valence-corrected chi connectivity index (χ0v) is 14.0. The maximum Gasteiger partial charge on any atom is 0.223 e. The highest BCUT2D eigenvalue weighted by Crippen LogP contribution is 2.48. The summed E-state index contributed by atoms with van der Waals surface area (Å²) in [5.74, 6) is 0.200. The molecule has 2 heterocycles. The van der Waals surface area contributed by atoms with Gasteiger partial charge in [0.25, 0.3) is 0 Å². The SMILES string of the molecule is Cc1csc(CN(CC2CCCO2)C(=O)CC2(CN)CC2)n1. The van der Waals surface area contributed by atoms with Gasteiger partial charge < -0.3 is 15.4 Å². The predicted molar refractivity (Wildman–Crippen MR) is 86.6 cm³/mol. The molecular weight excluding hydrogens is 298 g/mol. The summed E-state index contributed by atoms with van der Waals surface area (Å²) < 4.78 is 5.71. The van der Waals surface area contributed by atoms with Gasteiger partial charge in [-0.1, -0.05) is 0 Å². The van der Waals surface area contributed by atoms with Gasteiger partial charge in [-0.25, -0.2) is 4.98 Å². The van der Waals surface area contributed by atoms with Gasteiger partial charge >= 0.3 is 0 Å². The van der Waals surface area contributed by atoms with E-state index in [4.69, 9.17) is 10.5 Å². The van der Waals surface area contributed by atoms with Crippen molar-refractivity contribution in [3.8, 4) is 0 Å². The summed E-state index contributed by atoms with van der Waals surface area (Å²) in [4.78, 5) is 19.2. The minimum Gasteiger partial charge on any atom is -0.376 e. The van der Waals surface area contributed by atoms with Gasteiger partial charge in [0, 0.05) is 30.6 Å². The molecule has 1 amide bonds. The van der Waals surface area contributed by atoms with Gasteiger partial charge in [0.05, 0.1) is 12.6 Å². The summed E-state index contributed by atoms with van der Waals surface area (Å²) >= 11 is 1.62. The monoisotopic (exact) mass is 323 g/mol. The Labute approximate surface area is 135 Å². The van der Waals surface area contributed by atoms with Crippen LogP contribution < -0.4 is 5.73 Å². The van der Waals surface area contributed by atoms with Crippen LogP contribution in [0.3, 0.4) is 0 Å². The van der Waals surface area contributed by atoms with Crippen molar-refractivity contribution in [3.63, 3.8) is 0 Å². The van der Waals surface area contributed by atoms with E-state index < -0.39 is 0 Å². The number of nitrogens with zero attached hydrogens (tertiary/aromatic N) is 2. The molecule has 1 aliphatic heterocycles. The van der Waals surface area contributed by atoms with Crippen molar-refractivity contribution >= 4 is 17.2 Å². The van der Waals surface area contributed by atoms with Crippen LogP contribution in [0.5, 0.6) is 0 Å². The zero-order chi connectivity index (χ0) is 15.6. The maximum absolute atomic E-state index is 12.7. The van der Waals surface area contributed by atoms with Crippen molar-refractivity contribution in [2.45, 2.75) is 51.7 Å². The van der Waals surface area contributed by atoms with Gasteiger partial charge in [0.2, 0.25) is 5.91 Å². The second-order valence-electron chi connectivity index (χ2n) is 6.67. The van der Waals surface area contributed by atoms with Gasteiger partial charge in [-0.2, -0.15) is 0 Å². The molecular formula is C16H25N3O2S. The second-order valence-corrected chi connectivity index (χ2v) is 7.62. The number of nitrogens with two attached hydrogens (primary N) is 1. The molecule has 1 saturated carbocycles. The number of carbonyl (C=O) groups excluding carboxylic acids is 1. The molecule has 6 heteroatoms. The molecule has 3 rings (SSSR count). The Morgan fingerprint density at radius 3 is 2.95 bits per heavy atom. The van der Waals surface area contributed by atoms with Crippen molar-refractivity contribution in [1.82, 2.24) is 9.88 Å². The number of hydrogen-bond acceptors (Lipinski definition) is 5. The first-order chi connectivity index (χ1) is 10.6. The van der Waals surface area contributed by atoms with Crippen molar-refractivity contribution in [3.05, 3.63) is 16.1 Å². The Hall–Kier alpha value is -0.980. The predicted octanol–water partition coefficient (Wildman–Crippen LogP) is 2.09. The summed E-state index contributed by atoms with van der Waals surface area (Å²) in [6.07, 6.45) is 5.05. The van der Waals surface area contributed by atoms with Crippen LogP contribution in [0.25, 0.3) is 0 Å². The van der Waals surface area contributed by atoms with Gasteiger partial charge in [0.1, 0.15) is 5.01 Å². The van der Waals surface area contributed by atoms with Crippen LogP contribution in [0.4, 0.5) is 0 Å². The Morgan fingerprint density at radius 2 is 2.41 bits per heavy atom. The summed E-state index contributed by atoms with van der Waals surface area (Å²) in [5, 5.41) is 3.04. The van der Waals surface area contributed by atoms with E-state index in [9.17, 15) is 4.79 Å². The fourth-order valence-corrected chi connectivity index (χ4v) is 3.78. The minimum atomic E-state index is 0.0741. The van der Waals surface area contributed by atoms with Crippen molar-refractivity contribution in [2.75, 3.05) is 19.7 Å². The highest BCUT2D eigenvalue weighted by molar-refractivity contribution is 7.09. The Balaban J connectivity index is 1.65. The van der Waals surface area contributed by atoms with Crippen molar-refractivity contribution in [2.24, 2.45) is 11.1 Å². The number of carbonyl (C=O) groups is 1. The van der Waals surface area contributed by atoms with E-state index in [0.717, 1.165) is 43.0 Å². The molecule has 2 fully saturated rings. The average molecular weight is 323 g/mol. The summed E-state index contributed by atoms with van der Waals surface area (Å²) in [6, 6.07) is 0. The van der Waals surface area contributed by atoms with E-state index in [0.29, 0.717) is 26.1 Å². The molecule has 0 bridgehead atoms. The Bertz CT molecular complexity index is 521. The van der Waals surface area contributed by atoms with E-state index >= 15 is 0 Å².